The number of amides is 1. The molecule has 0 aliphatic carbocycles. The van der Waals surface area contributed by atoms with Crippen molar-refractivity contribution in [3.8, 4) is 16.9 Å². The molecule has 0 radical (unpaired) electrons. The first-order valence-corrected chi connectivity index (χ1v) is 14.5. The van der Waals surface area contributed by atoms with Crippen molar-refractivity contribution in [1.82, 2.24) is 4.90 Å². The zero-order valence-electron chi connectivity index (χ0n) is 24.1. The van der Waals surface area contributed by atoms with Gasteiger partial charge >= 0.3 is 5.97 Å². The fraction of sp³-hybridized carbons (Fsp3) is 0.158. The van der Waals surface area contributed by atoms with Crippen LogP contribution in [-0.4, -0.2) is 28.4 Å². The van der Waals surface area contributed by atoms with Gasteiger partial charge in [-0.1, -0.05) is 121 Å². The quantitative estimate of drug-likeness (QED) is 0.157. The predicted molar refractivity (Wildman–Crippen MR) is 170 cm³/mol. The maximum absolute atomic E-state index is 14.1. The van der Waals surface area contributed by atoms with E-state index in [0.29, 0.717) is 25.1 Å². The van der Waals surface area contributed by atoms with Gasteiger partial charge in [0.2, 0.25) is 0 Å². The van der Waals surface area contributed by atoms with Gasteiger partial charge in [-0.05, 0) is 52.8 Å². The predicted octanol–water partition coefficient (Wildman–Crippen LogP) is 7.83. The molecular weight excluding hydrogens is 534 g/mol. The third-order valence-electron chi connectivity index (χ3n) is 7.40. The van der Waals surface area contributed by atoms with Gasteiger partial charge in [-0.15, -0.1) is 0 Å². The van der Waals surface area contributed by atoms with E-state index in [9.17, 15) is 14.7 Å². The number of aryl methyl sites for hydroxylation is 2. The SMILES string of the molecule is O=C(O)CCN(Cc1ccccc1)C(=O)c1ccc(-c2ccccc2OCc2ccccc2)cc1CCc1ccccc1. The molecule has 0 atom stereocenters. The molecule has 5 aromatic carbocycles. The number of hydrogen-bond donors (Lipinski definition) is 1. The first-order valence-electron chi connectivity index (χ1n) is 14.5. The Kier molecular flexibility index (Phi) is 9.99. The van der Waals surface area contributed by atoms with E-state index in [0.717, 1.165) is 40.0 Å². The molecule has 0 heterocycles. The van der Waals surface area contributed by atoms with Crippen molar-refractivity contribution in [2.75, 3.05) is 6.54 Å². The van der Waals surface area contributed by atoms with E-state index in [2.05, 4.69) is 18.2 Å². The lowest BCUT2D eigenvalue weighted by Gasteiger charge is -2.24. The van der Waals surface area contributed by atoms with E-state index in [1.165, 1.54) is 5.56 Å². The molecule has 0 fully saturated rings. The minimum atomic E-state index is -0.933. The number of aliphatic carboxylic acids is 1. The molecule has 0 aromatic heterocycles. The normalized spacial score (nSPS) is 10.7. The maximum Gasteiger partial charge on any atom is 0.305 e. The van der Waals surface area contributed by atoms with Gasteiger partial charge in [0.1, 0.15) is 12.4 Å². The monoisotopic (exact) mass is 569 g/mol. The second-order valence-corrected chi connectivity index (χ2v) is 10.5. The Morgan fingerprint density at radius 2 is 1.26 bits per heavy atom. The molecule has 0 aliphatic heterocycles. The zero-order chi connectivity index (χ0) is 29.9. The molecular formula is C38H35NO4. The van der Waals surface area contributed by atoms with Gasteiger partial charge in [0.25, 0.3) is 5.91 Å². The van der Waals surface area contributed by atoms with E-state index in [1.54, 1.807) is 4.90 Å². The van der Waals surface area contributed by atoms with Crippen LogP contribution < -0.4 is 4.74 Å². The van der Waals surface area contributed by atoms with Crippen molar-refractivity contribution < 1.29 is 19.4 Å². The summed E-state index contributed by atoms with van der Waals surface area (Å²) in [5, 5.41) is 9.40. The van der Waals surface area contributed by atoms with Crippen molar-refractivity contribution in [3.63, 3.8) is 0 Å². The molecule has 216 valence electrons. The van der Waals surface area contributed by atoms with E-state index in [-0.39, 0.29) is 18.9 Å². The van der Waals surface area contributed by atoms with Crippen molar-refractivity contribution in [2.24, 2.45) is 0 Å². The van der Waals surface area contributed by atoms with Crippen LogP contribution in [0.4, 0.5) is 0 Å². The molecule has 0 unspecified atom stereocenters. The van der Waals surface area contributed by atoms with Gasteiger partial charge in [-0.3, -0.25) is 9.59 Å². The summed E-state index contributed by atoms with van der Waals surface area (Å²) in [5.41, 5.74) is 6.63. The van der Waals surface area contributed by atoms with Gasteiger partial charge in [0.05, 0.1) is 6.42 Å². The fourth-order valence-electron chi connectivity index (χ4n) is 5.12. The number of hydrogen-bond acceptors (Lipinski definition) is 3. The molecule has 1 N–H and O–H groups in total. The summed E-state index contributed by atoms with van der Waals surface area (Å²) in [6, 6.07) is 43.8. The highest BCUT2D eigenvalue weighted by Crippen LogP contribution is 2.32. The lowest BCUT2D eigenvalue weighted by atomic mass is 9.94. The molecule has 0 spiro atoms. The van der Waals surface area contributed by atoms with Gasteiger partial charge < -0.3 is 14.7 Å². The van der Waals surface area contributed by atoms with Crippen LogP contribution >= 0.6 is 0 Å². The first-order chi connectivity index (χ1) is 21.1. The van der Waals surface area contributed by atoms with Crippen LogP contribution in [0.5, 0.6) is 5.75 Å². The summed E-state index contributed by atoms with van der Waals surface area (Å²) >= 11 is 0. The van der Waals surface area contributed by atoms with Crippen LogP contribution in [0.2, 0.25) is 0 Å². The Hall–Kier alpha value is -5.16. The van der Waals surface area contributed by atoms with E-state index in [1.807, 2.05) is 115 Å². The van der Waals surface area contributed by atoms with Crippen LogP contribution in [0.25, 0.3) is 11.1 Å². The average Bonchev–Trinajstić information content (AvgIpc) is 3.06. The van der Waals surface area contributed by atoms with Gasteiger partial charge in [-0.2, -0.15) is 0 Å². The Morgan fingerprint density at radius 1 is 0.651 bits per heavy atom. The lowest BCUT2D eigenvalue weighted by Crippen LogP contribution is -2.33. The summed E-state index contributed by atoms with van der Waals surface area (Å²) in [5.74, 6) is -0.336. The van der Waals surface area contributed by atoms with Crippen molar-refractivity contribution in [1.29, 1.82) is 0 Å². The molecule has 1 amide bonds. The largest absolute Gasteiger partial charge is 0.488 e. The minimum Gasteiger partial charge on any atom is -0.488 e. The second kappa shape index (κ2) is 14.6. The second-order valence-electron chi connectivity index (χ2n) is 10.5. The Balaban J connectivity index is 1.48. The molecule has 0 aliphatic rings. The molecule has 5 aromatic rings. The van der Waals surface area contributed by atoms with E-state index < -0.39 is 5.97 Å². The summed E-state index contributed by atoms with van der Waals surface area (Å²) in [6.07, 6.45) is 1.30. The first kappa shape index (κ1) is 29.3. The van der Waals surface area contributed by atoms with Gasteiger partial charge in [-0.25, -0.2) is 0 Å². The van der Waals surface area contributed by atoms with E-state index >= 15 is 0 Å². The number of para-hydroxylation sites is 1. The number of carbonyl (C=O) groups excluding carboxylic acids is 1. The topological polar surface area (TPSA) is 66.8 Å². The molecule has 0 bridgehead atoms. The third-order valence-corrected chi connectivity index (χ3v) is 7.40. The number of nitrogens with zero attached hydrogens (tertiary/aromatic N) is 1. The number of carboxylic acids is 1. The van der Waals surface area contributed by atoms with Crippen molar-refractivity contribution in [2.45, 2.75) is 32.4 Å². The fourth-order valence-corrected chi connectivity index (χ4v) is 5.12. The van der Waals surface area contributed by atoms with Gasteiger partial charge in [0, 0.05) is 24.2 Å². The standard InChI is InChI=1S/C38H35NO4/c40-37(41)24-25-39(27-30-14-6-2-7-15-30)38(42)35-23-22-32(26-33(35)21-20-29-12-4-1-5-13-29)34-18-10-11-19-36(34)43-28-31-16-8-3-9-17-31/h1-19,22-23,26H,20-21,24-25,27-28H2,(H,40,41). The highest BCUT2D eigenvalue weighted by molar-refractivity contribution is 5.96. The molecule has 0 saturated heterocycles. The molecule has 0 saturated carbocycles. The molecule has 43 heavy (non-hydrogen) atoms. The molecule has 5 rings (SSSR count). The van der Waals surface area contributed by atoms with Crippen LogP contribution in [0.1, 0.15) is 39.0 Å². The number of carboxylic acid groups (broad SMARTS) is 1. The summed E-state index contributed by atoms with van der Waals surface area (Å²) in [6.45, 7) is 0.912. The highest BCUT2D eigenvalue weighted by atomic mass is 16.5. The lowest BCUT2D eigenvalue weighted by molar-refractivity contribution is -0.137. The Labute approximate surface area is 253 Å². The highest BCUT2D eigenvalue weighted by Gasteiger charge is 2.21. The van der Waals surface area contributed by atoms with Gasteiger partial charge in [0.15, 0.2) is 0 Å². The number of ether oxygens (including phenoxy) is 1. The number of carbonyl (C=O) groups is 2. The average molecular weight is 570 g/mol. The molecule has 5 nitrogen and oxygen atoms in total. The summed E-state index contributed by atoms with van der Waals surface area (Å²) in [7, 11) is 0. The van der Waals surface area contributed by atoms with Crippen molar-refractivity contribution >= 4 is 11.9 Å². The van der Waals surface area contributed by atoms with Crippen LogP contribution in [0.3, 0.4) is 0 Å². The van der Waals surface area contributed by atoms with Crippen LogP contribution in [0, 0.1) is 0 Å². The van der Waals surface area contributed by atoms with Crippen LogP contribution in [-0.2, 0) is 30.8 Å². The minimum absolute atomic E-state index is 0.123. The van der Waals surface area contributed by atoms with Crippen LogP contribution in [0.15, 0.2) is 133 Å². The summed E-state index contributed by atoms with van der Waals surface area (Å²) in [4.78, 5) is 27.2. The number of benzene rings is 5. The smallest absolute Gasteiger partial charge is 0.305 e. The Bertz CT molecular complexity index is 1640. The van der Waals surface area contributed by atoms with E-state index in [4.69, 9.17) is 4.74 Å². The maximum atomic E-state index is 14.1. The molecule has 5 heteroatoms. The summed E-state index contributed by atoms with van der Waals surface area (Å²) < 4.78 is 6.25. The number of rotatable bonds is 13. The Morgan fingerprint density at radius 3 is 1.93 bits per heavy atom. The third kappa shape index (κ3) is 8.20. The zero-order valence-corrected chi connectivity index (χ0v) is 24.1. The van der Waals surface area contributed by atoms with Crippen molar-refractivity contribution in [3.05, 3.63) is 161 Å².